The van der Waals surface area contributed by atoms with Gasteiger partial charge in [-0.1, -0.05) is 71.7 Å². The number of amides is 1. The van der Waals surface area contributed by atoms with Gasteiger partial charge in [0.1, 0.15) is 16.6 Å². The molecule has 9 heteroatoms. The summed E-state index contributed by atoms with van der Waals surface area (Å²) in [7, 11) is -1.74. The number of anilines is 1. The maximum Gasteiger partial charge on any atom is 0.237 e. The molecule has 1 amide bonds. The average Bonchev–Trinajstić information content (AvgIpc) is 3.23. The number of para-hydroxylation sites is 1. The standard InChI is InChI=1S/C22H16Cl2N4O2S/c23-18-12-11-16(13-19(18)24)25-20(29)14-31(30)22-27-26-21(15-7-3-1-4-8-15)28(22)17-9-5-2-6-10-17/h1-13H,14H2,(H,25,29)/t31-/m1/s1. The summed E-state index contributed by atoms with van der Waals surface area (Å²) in [6.07, 6.45) is 0. The molecule has 1 N–H and O–H groups in total. The number of carbonyl (C=O) groups excluding carboxylic acids is 1. The van der Waals surface area contributed by atoms with E-state index in [9.17, 15) is 9.00 Å². The normalized spacial score (nSPS) is 11.8. The van der Waals surface area contributed by atoms with Crippen molar-refractivity contribution >= 4 is 45.6 Å². The SMILES string of the molecule is O=C(C[S@@](=O)c1nnc(-c2ccccc2)n1-c1ccccc1)Nc1ccc(Cl)c(Cl)c1. The van der Waals surface area contributed by atoms with E-state index in [0.29, 0.717) is 21.6 Å². The summed E-state index contributed by atoms with van der Waals surface area (Å²) in [5.74, 6) is -0.194. The first-order chi connectivity index (χ1) is 15.0. The molecule has 1 heterocycles. The van der Waals surface area contributed by atoms with Crippen molar-refractivity contribution in [3.05, 3.63) is 88.9 Å². The second-order valence-electron chi connectivity index (χ2n) is 6.51. The van der Waals surface area contributed by atoms with Gasteiger partial charge < -0.3 is 5.32 Å². The number of hydrogen-bond donors (Lipinski definition) is 1. The minimum absolute atomic E-state index is 0.189. The van der Waals surface area contributed by atoms with Gasteiger partial charge in [0.2, 0.25) is 11.1 Å². The molecule has 0 spiro atoms. The number of hydrogen-bond acceptors (Lipinski definition) is 4. The molecule has 1 aromatic heterocycles. The molecule has 0 fully saturated rings. The van der Waals surface area contributed by atoms with Gasteiger partial charge >= 0.3 is 0 Å². The van der Waals surface area contributed by atoms with Crippen LogP contribution < -0.4 is 5.32 Å². The Bertz CT molecular complexity index is 1250. The lowest BCUT2D eigenvalue weighted by Gasteiger charge is -2.10. The lowest BCUT2D eigenvalue weighted by atomic mass is 10.2. The first-order valence-electron chi connectivity index (χ1n) is 9.22. The van der Waals surface area contributed by atoms with Gasteiger partial charge in [0, 0.05) is 16.9 Å². The third-order valence-electron chi connectivity index (χ3n) is 4.35. The van der Waals surface area contributed by atoms with Gasteiger partial charge in [0.25, 0.3) is 0 Å². The molecule has 0 aliphatic carbocycles. The largest absolute Gasteiger partial charge is 0.325 e. The van der Waals surface area contributed by atoms with Crippen LogP contribution in [0.2, 0.25) is 10.0 Å². The van der Waals surface area contributed by atoms with Crippen molar-refractivity contribution in [2.45, 2.75) is 5.16 Å². The van der Waals surface area contributed by atoms with Gasteiger partial charge in [-0.2, -0.15) is 0 Å². The molecule has 3 aromatic carbocycles. The van der Waals surface area contributed by atoms with Gasteiger partial charge in [-0.3, -0.25) is 13.6 Å². The molecule has 0 bridgehead atoms. The topological polar surface area (TPSA) is 76.9 Å². The zero-order valence-corrected chi connectivity index (χ0v) is 18.4. The zero-order chi connectivity index (χ0) is 21.8. The summed E-state index contributed by atoms with van der Waals surface area (Å²) < 4.78 is 14.8. The Morgan fingerprint density at radius 2 is 1.58 bits per heavy atom. The van der Waals surface area contributed by atoms with Crippen LogP contribution in [-0.2, 0) is 15.6 Å². The van der Waals surface area contributed by atoms with E-state index in [2.05, 4.69) is 15.5 Å². The maximum atomic E-state index is 13.1. The second-order valence-corrected chi connectivity index (χ2v) is 8.67. The number of halogens is 2. The molecule has 4 aromatic rings. The van der Waals surface area contributed by atoms with Gasteiger partial charge in [-0.05, 0) is 30.3 Å². The minimum atomic E-state index is -1.74. The van der Waals surface area contributed by atoms with Crippen LogP contribution in [0.5, 0.6) is 0 Å². The van der Waals surface area contributed by atoms with E-state index in [4.69, 9.17) is 23.2 Å². The van der Waals surface area contributed by atoms with Crippen LogP contribution in [-0.4, -0.2) is 30.6 Å². The van der Waals surface area contributed by atoms with Crippen molar-refractivity contribution in [3.63, 3.8) is 0 Å². The van der Waals surface area contributed by atoms with Crippen molar-refractivity contribution in [2.24, 2.45) is 0 Å². The Labute approximate surface area is 191 Å². The Hall–Kier alpha value is -3.00. The van der Waals surface area contributed by atoms with Gasteiger partial charge in [0.15, 0.2) is 5.82 Å². The van der Waals surface area contributed by atoms with Crippen LogP contribution in [0.15, 0.2) is 84.0 Å². The van der Waals surface area contributed by atoms with Gasteiger partial charge in [-0.25, -0.2) is 0 Å². The lowest BCUT2D eigenvalue weighted by Crippen LogP contribution is -2.21. The fourth-order valence-electron chi connectivity index (χ4n) is 2.96. The number of rotatable bonds is 6. The number of carbonyl (C=O) groups is 1. The second kappa shape index (κ2) is 9.43. The first-order valence-corrected chi connectivity index (χ1v) is 11.3. The molecule has 0 saturated heterocycles. The number of benzene rings is 3. The van der Waals surface area contributed by atoms with E-state index in [1.807, 2.05) is 60.7 Å². The average molecular weight is 471 g/mol. The third kappa shape index (κ3) is 4.85. The summed E-state index contributed by atoms with van der Waals surface area (Å²) in [5, 5.41) is 12.0. The Balaban J connectivity index is 1.62. The number of nitrogens with zero attached hydrogens (tertiary/aromatic N) is 3. The predicted octanol–water partition coefficient (Wildman–Crippen LogP) is 4.99. The molecule has 0 saturated carbocycles. The van der Waals surface area contributed by atoms with Crippen LogP contribution in [0, 0.1) is 0 Å². The quantitative estimate of drug-likeness (QED) is 0.430. The summed E-state index contributed by atoms with van der Waals surface area (Å²) in [6, 6.07) is 23.6. The highest BCUT2D eigenvalue weighted by atomic mass is 35.5. The highest BCUT2D eigenvalue weighted by Gasteiger charge is 2.22. The Morgan fingerprint density at radius 3 is 2.26 bits per heavy atom. The van der Waals surface area contributed by atoms with E-state index < -0.39 is 16.7 Å². The van der Waals surface area contributed by atoms with Crippen molar-refractivity contribution in [2.75, 3.05) is 11.1 Å². The number of aromatic nitrogens is 3. The highest BCUT2D eigenvalue weighted by Crippen LogP contribution is 2.26. The molecule has 31 heavy (non-hydrogen) atoms. The molecule has 6 nitrogen and oxygen atoms in total. The summed E-state index contributed by atoms with van der Waals surface area (Å²) in [5.41, 5.74) is 2.04. The fourth-order valence-corrected chi connectivity index (χ4v) is 4.22. The van der Waals surface area contributed by atoms with E-state index in [-0.39, 0.29) is 10.9 Å². The highest BCUT2D eigenvalue weighted by molar-refractivity contribution is 7.85. The smallest absolute Gasteiger partial charge is 0.237 e. The molecule has 156 valence electrons. The molecule has 1 atom stereocenters. The van der Waals surface area contributed by atoms with Gasteiger partial charge in [-0.15, -0.1) is 10.2 Å². The molecular formula is C22H16Cl2N4O2S. The van der Waals surface area contributed by atoms with Crippen LogP contribution >= 0.6 is 23.2 Å². The first kappa shape index (κ1) is 21.2. The van der Waals surface area contributed by atoms with E-state index in [1.54, 1.807) is 16.7 Å². The van der Waals surface area contributed by atoms with E-state index >= 15 is 0 Å². The Kier molecular flexibility index (Phi) is 6.46. The summed E-state index contributed by atoms with van der Waals surface area (Å²) in [6.45, 7) is 0. The molecule has 0 radical (unpaired) electrons. The van der Waals surface area contributed by atoms with E-state index in [1.165, 1.54) is 6.07 Å². The van der Waals surface area contributed by atoms with Crippen LogP contribution in [0.25, 0.3) is 17.1 Å². The molecule has 0 aliphatic heterocycles. The van der Waals surface area contributed by atoms with Crippen molar-refractivity contribution in [1.29, 1.82) is 0 Å². The Morgan fingerprint density at radius 1 is 0.903 bits per heavy atom. The maximum absolute atomic E-state index is 13.1. The zero-order valence-electron chi connectivity index (χ0n) is 16.0. The third-order valence-corrected chi connectivity index (χ3v) is 6.28. The number of nitrogens with one attached hydrogen (secondary N) is 1. The van der Waals surface area contributed by atoms with Gasteiger partial charge in [0.05, 0.1) is 10.0 Å². The monoisotopic (exact) mass is 470 g/mol. The predicted molar refractivity (Wildman–Crippen MR) is 123 cm³/mol. The van der Waals surface area contributed by atoms with Crippen LogP contribution in [0.4, 0.5) is 5.69 Å². The molecular weight excluding hydrogens is 455 g/mol. The summed E-state index contributed by atoms with van der Waals surface area (Å²) in [4.78, 5) is 12.5. The fraction of sp³-hybridized carbons (Fsp3) is 0.0455. The molecule has 0 aliphatic rings. The van der Waals surface area contributed by atoms with Crippen molar-refractivity contribution < 1.29 is 9.00 Å². The van der Waals surface area contributed by atoms with Crippen molar-refractivity contribution in [1.82, 2.24) is 14.8 Å². The van der Waals surface area contributed by atoms with Crippen molar-refractivity contribution in [3.8, 4) is 17.1 Å². The molecule has 4 rings (SSSR count). The summed E-state index contributed by atoms with van der Waals surface area (Å²) >= 11 is 11.9. The van der Waals surface area contributed by atoms with E-state index in [0.717, 1.165) is 11.3 Å². The van der Waals surface area contributed by atoms with Crippen LogP contribution in [0.3, 0.4) is 0 Å². The lowest BCUT2D eigenvalue weighted by molar-refractivity contribution is -0.113. The molecule has 0 unspecified atom stereocenters. The minimum Gasteiger partial charge on any atom is -0.325 e. The van der Waals surface area contributed by atoms with Crippen LogP contribution in [0.1, 0.15) is 0 Å².